The van der Waals surface area contributed by atoms with Gasteiger partial charge < -0.3 is 29.2 Å². The number of β-amino-alcohol motifs (C(OH)–C–C–N with tert-alkyl or cyclic N) is 1. The van der Waals surface area contributed by atoms with Crippen molar-refractivity contribution < 1.29 is 24.1 Å². The number of nitrogens with zero attached hydrogens (tertiary/aromatic N) is 7. The highest BCUT2D eigenvalue weighted by molar-refractivity contribution is 5.92. The van der Waals surface area contributed by atoms with Crippen molar-refractivity contribution in [2.75, 3.05) is 37.8 Å². The van der Waals surface area contributed by atoms with Crippen molar-refractivity contribution in [2.45, 2.75) is 69.9 Å². The fraction of sp³-hybridized carbons (Fsp3) is 0.586. The van der Waals surface area contributed by atoms with Crippen LogP contribution < -0.4 is 4.90 Å². The van der Waals surface area contributed by atoms with Gasteiger partial charge in [0.15, 0.2) is 5.65 Å². The molecule has 0 bridgehead atoms. The number of ether oxygens (including phenoxy) is 2. The largest absolute Gasteiger partial charge is 0.396 e. The predicted octanol–water partition coefficient (Wildman–Crippen LogP) is 3.60. The molecular weight excluding hydrogens is 529 g/mol. The maximum absolute atomic E-state index is 15.9. The average Bonchev–Trinajstić information content (AvgIpc) is 3.62. The standard InChI is InChI=1S/C29H36FN7O4/c1-17-5-6-20(14-41-17)36-15-31-22-11-19(10-21(30)27(22)36)25-26-28(37(16-32-26)24-4-2-3-9-40-24)34-29(33-25)35-8-7-18(13-38)23(39)12-35/h10-11,15-18,20,23-24,38-39H,2-9,12-14H2,1H3/t17-,18-,20?,23+,24?/m1/s1. The van der Waals surface area contributed by atoms with Gasteiger partial charge in [-0.05, 0) is 57.6 Å². The van der Waals surface area contributed by atoms with Crippen LogP contribution in [0.5, 0.6) is 0 Å². The number of halogens is 1. The summed E-state index contributed by atoms with van der Waals surface area (Å²) in [4.78, 5) is 21.0. The van der Waals surface area contributed by atoms with Gasteiger partial charge in [0.05, 0.1) is 43.0 Å². The van der Waals surface area contributed by atoms with Gasteiger partial charge in [-0.3, -0.25) is 4.57 Å². The molecule has 12 heteroatoms. The number of aliphatic hydroxyl groups excluding tert-OH is 2. The summed E-state index contributed by atoms with van der Waals surface area (Å²) in [5, 5.41) is 20.3. The third-order valence-corrected chi connectivity index (χ3v) is 8.88. The first-order chi connectivity index (χ1) is 20.0. The van der Waals surface area contributed by atoms with E-state index in [1.165, 1.54) is 6.07 Å². The lowest BCUT2D eigenvalue weighted by molar-refractivity contribution is -0.0298. The molecule has 0 amide bonds. The summed E-state index contributed by atoms with van der Waals surface area (Å²) in [7, 11) is 0. The van der Waals surface area contributed by atoms with E-state index in [4.69, 9.17) is 19.4 Å². The van der Waals surface area contributed by atoms with E-state index in [1.807, 2.05) is 20.1 Å². The molecule has 0 radical (unpaired) electrons. The second-order valence-electron chi connectivity index (χ2n) is 11.6. The molecule has 5 atom stereocenters. The second kappa shape index (κ2) is 10.9. The Labute approximate surface area is 236 Å². The monoisotopic (exact) mass is 565 g/mol. The molecule has 0 aliphatic carbocycles. The van der Waals surface area contributed by atoms with Crippen LogP contribution >= 0.6 is 0 Å². The minimum atomic E-state index is -0.701. The highest BCUT2D eigenvalue weighted by Crippen LogP contribution is 2.35. The number of hydrogen-bond donors (Lipinski definition) is 2. The van der Waals surface area contributed by atoms with Gasteiger partial charge in [0.1, 0.15) is 28.8 Å². The number of anilines is 1. The van der Waals surface area contributed by atoms with Crippen LogP contribution in [0.15, 0.2) is 24.8 Å². The van der Waals surface area contributed by atoms with Crippen molar-refractivity contribution >= 4 is 28.1 Å². The van der Waals surface area contributed by atoms with E-state index in [0.717, 1.165) is 32.1 Å². The summed E-state index contributed by atoms with van der Waals surface area (Å²) in [5.74, 6) is -0.129. The van der Waals surface area contributed by atoms with E-state index in [-0.39, 0.29) is 36.7 Å². The van der Waals surface area contributed by atoms with Crippen molar-refractivity contribution in [1.82, 2.24) is 29.1 Å². The summed E-state index contributed by atoms with van der Waals surface area (Å²) >= 11 is 0. The Hall–Kier alpha value is -3.19. The zero-order chi connectivity index (χ0) is 28.1. The van der Waals surface area contributed by atoms with Crippen LogP contribution in [0.4, 0.5) is 10.3 Å². The molecular formula is C29H36FN7O4. The lowest BCUT2D eigenvalue weighted by Gasteiger charge is -2.35. The van der Waals surface area contributed by atoms with E-state index in [9.17, 15) is 10.2 Å². The molecule has 2 unspecified atom stereocenters. The lowest BCUT2D eigenvalue weighted by Crippen LogP contribution is -2.45. The third kappa shape index (κ3) is 4.86. The Balaban J connectivity index is 1.32. The van der Waals surface area contributed by atoms with E-state index < -0.39 is 6.10 Å². The minimum Gasteiger partial charge on any atom is -0.396 e. The summed E-state index contributed by atoms with van der Waals surface area (Å²) in [6, 6.07) is 3.39. The lowest BCUT2D eigenvalue weighted by atomic mass is 9.95. The maximum atomic E-state index is 15.9. The van der Waals surface area contributed by atoms with Gasteiger partial charge in [0, 0.05) is 37.8 Å². The SMILES string of the molecule is C[C@@H]1CCC(n2cnc3cc(-c4nc(N5CC[C@H](CO)[C@@H](O)C5)nc5c4ncn5C4CCCCO4)cc(F)c32)CO1. The van der Waals surface area contributed by atoms with Gasteiger partial charge >= 0.3 is 0 Å². The van der Waals surface area contributed by atoms with Crippen molar-refractivity contribution in [2.24, 2.45) is 5.92 Å². The normalized spacial score (nSPS) is 27.6. The summed E-state index contributed by atoms with van der Waals surface area (Å²) in [5.41, 5.74) is 3.22. The average molecular weight is 566 g/mol. The number of aliphatic hydroxyl groups is 2. The first kappa shape index (κ1) is 26.7. The zero-order valence-electron chi connectivity index (χ0n) is 23.2. The molecule has 3 aromatic heterocycles. The zero-order valence-corrected chi connectivity index (χ0v) is 23.2. The molecule has 3 fully saturated rings. The van der Waals surface area contributed by atoms with E-state index in [2.05, 4.69) is 16.9 Å². The molecule has 4 aromatic rings. The number of hydrogen-bond acceptors (Lipinski definition) is 9. The number of imidazole rings is 2. The smallest absolute Gasteiger partial charge is 0.228 e. The molecule has 7 rings (SSSR count). The van der Waals surface area contributed by atoms with Crippen LogP contribution in [0.25, 0.3) is 33.5 Å². The van der Waals surface area contributed by atoms with E-state index in [1.54, 1.807) is 12.7 Å². The highest BCUT2D eigenvalue weighted by atomic mass is 19.1. The van der Waals surface area contributed by atoms with Crippen molar-refractivity contribution in [3.8, 4) is 11.3 Å². The fourth-order valence-corrected chi connectivity index (χ4v) is 6.40. The molecule has 218 valence electrons. The Bertz CT molecular complexity index is 1540. The molecule has 1 aromatic carbocycles. The first-order valence-electron chi connectivity index (χ1n) is 14.7. The fourth-order valence-electron chi connectivity index (χ4n) is 6.40. The van der Waals surface area contributed by atoms with Gasteiger partial charge in [-0.2, -0.15) is 4.98 Å². The van der Waals surface area contributed by atoms with Crippen LogP contribution in [0.3, 0.4) is 0 Å². The van der Waals surface area contributed by atoms with Crippen LogP contribution in [0.2, 0.25) is 0 Å². The summed E-state index contributed by atoms with van der Waals surface area (Å²) < 4.78 is 31.6. The van der Waals surface area contributed by atoms with Gasteiger partial charge in [-0.15, -0.1) is 0 Å². The number of piperidine rings is 1. The minimum absolute atomic E-state index is 0.0355. The topological polar surface area (TPSA) is 124 Å². The molecule has 2 N–H and O–H groups in total. The molecule has 0 saturated carbocycles. The van der Waals surface area contributed by atoms with Gasteiger partial charge in [-0.25, -0.2) is 19.3 Å². The summed E-state index contributed by atoms with van der Waals surface area (Å²) in [6.07, 6.45) is 8.10. The Morgan fingerprint density at radius 1 is 1.02 bits per heavy atom. The molecule has 3 aliphatic heterocycles. The van der Waals surface area contributed by atoms with E-state index in [0.29, 0.717) is 72.1 Å². The van der Waals surface area contributed by atoms with Crippen molar-refractivity contribution in [3.63, 3.8) is 0 Å². The Kier molecular flexibility index (Phi) is 7.10. The molecule has 41 heavy (non-hydrogen) atoms. The quantitative estimate of drug-likeness (QED) is 0.374. The number of benzene rings is 1. The molecule has 0 spiro atoms. The van der Waals surface area contributed by atoms with Crippen molar-refractivity contribution in [1.29, 1.82) is 0 Å². The van der Waals surface area contributed by atoms with Gasteiger partial charge in [0.2, 0.25) is 5.95 Å². The van der Waals surface area contributed by atoms with Crippen LogP contribution in [-0.2, 0) is 9.47 Å². The Morgan fingerprint density at radius 3 is 2.66 bits per heavy atom. The Morgan fingerprint density at radius 2 is 1.90 bits per heavy atom. The molecule has 6 heterocycles. The molecule has 11 nitrogen and oxygen atoms in total. The van der Waals surface area contributed by atoms with Crippen LogP contribution in [0.1, 0.15) is 57.7 Å². The van der Waals surface area contributed by atoms with Crippen molar-refractivity contribution in [3.05, 3.63) is 30.6 Å². The predicted molar refractivity (Wildman–Crippen MR) is 150 cm³/mol. The number of aromatic nitrogens is 6. The van der Waals surface area contributed by atoms with Crippen LogP contribution in [-0.4, -0.2) is 84.4 Å². The number of fused-ring (bicyclic) bond motifs is 2. The highest BCUT2D eigenvalue weighted by Gasteiger charge is 2.31. The number of rotatable bonds is 5. The van der Waals surface area contributed by atoms with E-state index >= 15 is 4.39 Å². The third-order valence-electron chi connectivity index (χ3n) is 8.88. The second-order valence-corrected chi connectivity index (χ2v) is 11.6. The first-order valence-corrected chi connectivity index (χ1v) is 14.7. The van der Waals surface area contributed by atoms with Gasteiger partial charge in [-0.1, -0.05) is 0 Å². The molecule has 3 aliphatic rings. The maximum Gasteiger partial charge on any atom is 0.228 e. The van der Waals surface area contributed by atoms with Gasteiger partial charge in [0.25, 0.3) is 0 Å². The van der Waals surface area contributed by atoms with Crippen LogP contribution in [0, 0.1) is 11.7 Å². The molecule has 3 saturated heterocycles. The summed E-state index contributed by atoms with van der Waals surface area (Å²) in [6.45, 7) is 4.08.